The number of imidazole rings is 1. The van der Waals surface area contributed by atoms with Crippen LogP contribution in [0.3, 0.4) is 0 Å². The monoisotopic (exact) mass is 188 g/mol. The van der Waals surface area contributed by atoms with Gasteiger partial charge in [0.05, 0.1) is 0 Å². The molecular formula is C7H9ClN2O2. The van der Waals surface area contributed by atoms with Crippen molar-refractivity contribution in [2.24, 2.45) is 7.05 Å². The van der Waals surface area contributed by atoms with Crippen LogP contribution in [0.4, 0.5) is 0 Å². The molecule has 0 aromatic carbocycles. The van der Waals surface area contributed by atoms with Gasteiger partial charge in [-0.25, -0.2) is 9.78 Å². The highest BCUT2D eigenvalue weighted by atomic mass is 35.5. The van der Waals surface area contributed by atoms with Crippen molar-refractivity contribution in [2.75, 3.05) is 0 Å². The van der Waals surface area contributed by atoms with Crippen LogP contribution in [0.1, 0.15) is 23.2 Å². The lowest BCUT2D eigenvalue weighted by Crippen LogP contribution is -1.97. The Morgan fingerprint density at radius 1 is 1.75 bits per heavy atom. The molecular weight excluding hydrogens is 180 g/mol. The second-order valence-electron chi connectivity index (χ2n) is 2.39. The number of aromatic carboxylic acids is 1. The molecule has 0 fully saturated rings. The van der Waals surface area contributed by atoms with E-state index in [0.717, 1.165) is 0 Å². The van der Waals surface area contributed by atoms with Crippen molar-refractivity contribution in [3.63, 3.8) is 0 Å². The Balaban J connectivity index is 3.25. The molecule has 0 radical (unpaired) electrons. The van der Waals surface area contributed by atoms with E-state index in [4.69, 9.17) is 16.7 Å². The number of aryl methyl sites for hydroxylation is 1. The molecule has 1 heterocycles. The van der Waals surface area contributed by atoms with Crippen molar-refractivity contribution in [2.45, 2.75) is 13.3 Å². The first-order chi connectivity index (χ1) is 5.57. The second-order valence-corrected chi connectivity index (χ2v) is 2.74. The maximum atomic E-state index is 10.5. The Kier molecular flexibility index (Phi) is 2.38. The fraction of sp³-hybridized carbons (Fsp3) is 0.429. The fourth-order valence-electron chi connectivity index (χ4n) is 0.975. The average Bonchev–Trinajstić information content (AvgIpc) is 2.30. The lowest BCUT2D eigenvalue weighted by molar-refractivity contribution is 0.0691. The van der Waals surface area contributed by atoms with Gasteiger partial charge in [0, 0.05) is 13.5 Å². The summed E-state index contributed by atoms with van der Waals surface area (Å²) in [6.07, 6.45) is 0.670. The first-order valence-corrected chi connectivity index (χ1v) is 3.90. The van der Waals surface area contributed by atoms with Gasteiger partial charge in [0.25, 0.3) is 0 Å². The van der Waals surface area contributed by atoms with Gasteiger partial charge in [0.2, 0.25) is 0 Å². The van der Waals surface area contributed by atoms with E-state index in [1.165, 1.54) is 0 Å². The molecule has 5 heteroatoms. The third-order valence-electron chi connectivity index (χ3n) is 1.64. The highest BCUT2D eigenvalue weighted by molar-refractivity contribution is 6.32. The molecule has 0 atom stereocenters. The summed E-state index contributed by atoms with van der Waals surface area (Å²) in [5.74, 6) is -0.410. The van der Waals surface area contributed by atoms with Crippen LogP contribution in [0.25, 0.3) is 0 Å². The van der Waals surface area contributed by atoms with Gasteiger partial charge in [-0.1, -0.05) is 18.5 Å². The summed E-state index contributed by atoms with van der Waals surface area (Å²) >= 11 is 5.71. The van der Waals surface area contributed by atoms with E-state index in [2.05, 4.69) is 4.98 Å². The number of carboxylic acid groups (broad SMARTS) is 1. The number of rotatable bonds is 2. The lowest BCUT2D eigenvalue weighted by atomic mass is 10.4. The highest BCUT2D eigenvalue weighted by Gasteiger charge is 2.16. The van der Waals surface area contributed by atoms with Crippen molar-refractivity contribution in [1.82, 2.24) is 9.55 Å². The van der Waals surface area contributed by atoms with E-state index in [1.807, 2.05) is 6.92 Å². The van der Waals surface area contributed by atoms with Crippen molar-refractivity contribution < 1.29 is 9.90 Å². The SMILES string of the molecule is CCc1nc(C(=O)O)c(Cl)n1C. The summed E-state index contributed by atoms with van der Waals surface area (Å²) in [4.78, 5) is 14.4. The van der Waals surface area contributed by atoms with Gasteiger partial charge in [-0.15, -0.1) is 0 Å². The predicted molar refractivity (Wildman–Crippen MR) is 44.6 cm³/mol. The highest BCUT2D eigenvalue weighted by Crippen LogP contribution is 2.16. The zero-order chi connectivity index (χ0) is 9.30. The quantitative estimate of drug-likeness (QED) is 0.762. The van der Waals surface area contributed by atoms with E-state index in [-0.39, 0.29) is 10.8 Å². The summed E-state index contributed by atoms with van der Waals surface area (Å²) < 4.78 is 1.57. The Morgan fingerprint density at radius 3 is 2.58 bits per heavy atom. The van der Waals surface area contributed by atoms with Crippen LogP contribution in [0.2, 0.25) is 5.15 Å². The summed E-state index contributed by atoms with van der Waals surface area (Å²) in [7, 11) is 1.70. The molecule has 0 aliphatic heterocycles. The van der Waals surface area contributed by atoms with E-state index in [9.17, 15) is 4.79 Å². The number of carboxylic acids is 1. The van der Waals surface area contributed by atoms with Gasteiger partial charge in [0.15, 0.2) is 5.69 Å². The molecule has 12 heavy (non-hydrogen) atoms. The average molecular weight is 189 g/mol. The van der Waals surface area contributed by atoms with Gasteiger partial charge in [-0.2, -0.15) is 0 Å². The van der Waals surface area contributed by atoms with Crippen LogP contribution in [0.15, 0.2) is 0 Å². The van der Waals surface area contributed by atoms with Crippen molar-refractivity contribution in [3.8, 4) is 0 Å². The van der Waals surface area contributed by atoms with Crippen molar-refractivity contribution in [1.29, 1.82) is 0 Å². The number of hydrogen-bond donors (Lipinski definition) is 1. The minimum atomic E-state index is -1.09. The first-order valence-electron chi connectivity index (χ1n) is 3.52. The van der Waals surface area contributed by atoms with E-state index >= 15 is 0 Å². The van der Waals surface area contributed by atoms with Crippen LogP contribution in [-0.2, 0) is 13.5 Å². The van der Waals surface area contributed by atoms with E-state index in [1.54, 1.807) is 11.6 Å². The Labute approximate surface area is 74.8 Å². The molecule has 0 amide bonds. The predicted octanol–water partition coefficient (Wildman–Crippen LogP) is 1.33. The number of hydrogen-bond acceptors (Lipinski definition) is 2. The minimum Gasteiger partial charge on any atom is -0.476 e. The summed E-state index contributed by atoms with van der Waals surface area (Å²) in [6, 6.07) is 0. The number of aromatic nitrogens is 2. The summed E-state index contributed by atoms with van der Waals surface area (Å²) in [5, 5.41) is 8.82. The fourth-order valence-corrected chi connectivity index (χ4v) is 1.20. The molecule has 0 saturated carbocycles. The molecule has 4 nitrogen and oxygen atoms in total. The number of halogens is 1. The first kappa shape index (κ1) is 9.06. The number of nitrogens with zero attached hydrogens (tertiary/aromatic N) is 2. The summed E-state index contributed by atoms with van der Waals surface area (Å²) in [6.45, 7) is 1.89. The third-order valence-corrected chi connectivity index (χ3v) is 2.07. The molecule has 1 aromatic rings. The van der Waals surface area contributed by atoms with Gasteiger partial charge >= 0.3 is 5.97 Å². The molecule has 0 saturated heterocycles. The van der Waals surface area contributed by atoms with Crippen molar-refractivity contribution >= 4 is 17.6 Å². The van der Waals surface area contributed by atoms with Crippen LogP contribution < -0.4 is 0 Å². The van der Waals surface area contributed by atoms with Gasteiger partial charge in [-0.05, 0) is 0 Å². The molecule has 66 valence electrons. The largest absolute Gasteiger partial charge is 0.476 e. The smallest absolute Gasteiger partial charge is 0.357 e. The van der Waals surface area contributed by atoms with Crippen LogP contribution in [0.5, 0.6) is 0 Å². The van der Waals surface area contributed by atoms with Crippen molar-refractivity contribution in [3.05, 3.63) is 16.7 Å². The number of carbonyl (C=O) groups is 1. The molecule has 0 unspecified atom stereocenters. The van der Waals surface area contributed by atoms with Crippen LogP contribution in [-0.4, -0.2) is 20.6 Å². The maximum absolute atomic E-state index is 10.5. The molecule has 1 N–H and O–H groups in total. The zero-order valence-corrected chi connectivity index (χ0v) is 7.59. The molecule has 0 bridgehead atoms. The van der Waals surface area contributed by atoms with Gasteiger partial charge in [-0.3, -0.25) is 0 Å². The molecule has 0 aliphatic rings. The minimum absolute atomic E-state index is 0.0731. The topological polar surface area (TPSA) is 55.1 Å². The third kappa shape index (κ3) is 1.30. The Bertz CT molecular complexity index is 319. The molecule has 1 aromatic heterocycles. The zero-order valence-electron chi connectivity index (χ0n) is 6.83. The van der Waals surface area contributed by atoms with Gasteiger partial charge in [0.1, 0.15) is 11.0 Å². The molecule has 0 aliphatic carbocycles. The summed E-state index contributed by atoms with van der Waals surface area (Å²) in [5.41, 5.74) is -0.0731. The normalized spacial score (nSPS) is 10.2. The Morgan fingerprint density at radius 2 is 2.33 bits per heavy atom. The Hall–Kier alpha value is -1.03. The lowest BCUT2D eigenvalue weighted by Gasteiger charge is -1.96. The van der Waals surface area contributed by atoms with E-state index < -0.39 is 5.97 Å². The maximum Gasteiger partial charge on any atom is 0.357 e. The van der Waals surface area contributed by atoms with Crippen LogP contribution in [0, 0.1) is 0 Å². The second kappa shape index (κ2) is 3.15. The van der Waals surface area contributed by atoms with E-state index in [0.29, 0.717) is 12.2 Å². The van der Waals surface area contributed by atoms with Crippen LogP contribution >= 0.6 is 11.6 Å². The molecule has 0 spiro atoms. The van der Waals surface area contributed by atoms with Gasteiger partial charge < -0.3 is 9.67 Å². The standard InChI is InChI=1S/C7H9ClN2O2/c1-3-4-9-5(7(11)12)6(8)10(4)2/h3H2,1-2H3,(H,11,12). The molecule has 1 rings (SSSR count).